The second-order valence-corrected chi connectivity index (χ2v) is 4.43. The first-order valence-corrected chi connectivity index (χ1v) is 5.34. The van der Waals surface area contributed by atoms with Gasteiger partial charge in [0.15, 0.2) is 0 Å². The molecule has 0 aromatic rings. The molecule has 0 radical (unpaired) electrons. The number of rotatable bonds is 5. The summed E-state index contributed by atoms with van der Waals surface area (Å²) in [5.41, 5.74) is 5.66. The van der Waals surface area contributed by atoms with Crippen molar-refractivity contribution < 1.29 is 23.1 Å². The number of alkyl halides is 3. The minimum absolute atomic E-state index is 0.138. The monoisotopic (exact) mass is 239 g/mol. The van der Waals surface area contributed by atoms with Crippen LogP contribution >= 0.6 is 0 Å². The quantitative estimate of drug-likeness (QED) is 0.772. The predicted molar refractivity (Wildman–Crippen MR) is 51.7 cm³/mol. The minimum atomic E-state index is -4.47. The van der Waals surface area contributed by atoms with Crippen LogP contribution in [0.3, 0.4) is 0 Å². The molecule has 3 nitrogen and oxygen atoms in total. The number of aliphatic carboxylic acids is 1. The summed E-state index contributed by atoms with van der Waals surface area (Å²) in [7, 11) is 0. The van der Waals surface area contributed by atoms with Crippen LogP contribution in [0.4, 0.5) is 13.2 Å². The van der Waals surface area contributed by atoms with Crippen LogP contribution in [0, 0.1) is 11.8 Å². The highest BCUT2D eigenvalue weighted by Gasteiger charge is 2.42. The van der Waals surface area contributed by atoms with Crippen LogP contribution in [-0.2, 0) is 4.79 Å². The van der Waals surface area contributed by atoms with Crippen molar-refractivity contribution in [2.75, 3.05) is 0 Å². The van der Waals surface area contributed by atoms with Gasteiger partial charge in [0, 0.05) is 6.04 Å². The van der Waals surface area contributed by atoms with Gasteiger partial charge in [0.05, 0.1) is 12.3 Å². The van der Waals surface area contributed by atoms with Crippen LogP contribution in [0.2, 0.25) is 0 Å². The highest BCUT2D eigenvalue weighted by molar-refractivity contribution is 5.67. The normalized spacial score (nSPS) is 21.2. The summed E-state index contributed by atoms with van der Waals surface area (Å²) in [6.07, 6.45) is -2.91. The lowest BCUT2D eigenvalue weighted by molar-refractivity contribution is -0.186. The van der Waals surface area contributed by atoms with Gasteiger partial charge in [0.1, 0.15) is 0 Å². The van der Waals surface area contributed by atoms with Crippen molar-refractivity contribution >= 4 is 5.97 Å². The molecular formula is C10H16F3NO2. The molecule has 1 aliphatic rings. The van der Waals surface area contributed by atoms with Crippen LogP contribution in [0.1, 0.15) is 32.1 Å². The summed E-state index contributed by atoms with van der Waals surface area (Å²) in [6, 6.07) is -0.528. The summed E-state index contributed by atoms with van der Waals surface area (Å²) >= 11 is 0. The molecule has 16 heavy (non-hydrogen) atoms. The van der Waals surface area contributed by atoms with E-state index in [2.05, 4.69) is 0 Å². The van der Waals surface area contributed by atoms with E-state index in [1.165, 1.54) is 0 Å². The van der Waals surface area contributed by atoms with E-state index in [1.54, 1.807) is 0 Å². The van der Waals surface area contributed by atoms with E-state index < -0.39 is 30.5 Å². The van der Waals surface area contributed by atoms with Crippen LogP contribution < -0.4 is 5.73 Å². The van der Waals surface area contributed by atoms with Gasteiger partial charge in [-0.25, -0.2) is 0 Å². The average Bonchev–Trinajstić information content (AvgIpc) is 1.96. The Hall–Kier alpha value is -0.780. The molecule has 0 aromatic heterocycles. The first-order chi connectivity index (χ1) is 7.30. The van der Waals surface area contributed by atoms with Gasteiger partial charge in [-0.2, -0.15) is 13.2 Å². The average molecular weight is 239 g/mol. The number of carboxylic acids is 1. The lowest BCUT2D eigenvalue weighted by Crippen LogP contribution is -2.39. The molecule has 0 unspecified atom stereocenters. The highest BCUT2D eigenvalue weighted by Crippen LogP contribution is 2.37. The van der Waals surface area contributed by atoms with Gasteiger partial charge in [-0.05, 0) is 25.2 Å². The fourth-order valence-corrected chi connectivity index (χ4v) is 1.93. The maximum Gasteiger partial charge on any atom is 0.392 e. The molecule has 0 aromatic carbocycles. The van der Waals surface area contributed by atoms with Gasteiger partial charge < -0.3 is 10.8 Å². The van der Waals surface area contributed by atoms with E-state index >= 15 is 0 Å². The van der Waals surface area contributed by atoms with E-state index in [-0.39, 0.29) is 12.3 Å². The summed E-state index contributed by atoms with van der Waals surface area (Å²) < 4.78 is 37.5. The Morgan fingerprint density at radius 3 is 2.31 bits per heavy atom. The molecule has 6 heteroatoms. The molecule has 0 saturated heterocycles. The third-order valence-electron chi connectivity index (χ3n) is 3.20. The molecule has 0 bridgehead atoms. The number of halogens is 3. The van der Waals surface area contributed by atoms with Gasteiger partial charge in [-0.15, -0.1) is 0 Å². The minimum Gasteiger partial charge on any atom is -0.481 e. The predicted octanol–water partition coefficient (Wildman–Crippen LogP) is 2.16. The lowest BCUT2D eigenvalue weighted by atomic mass is 9.76. The van der Waals surface area contributed by atoms with Crippen molar-refractivity contribution in [3.05, 3.63) is 0 Å². The zero-order valence-electron chi connectivity index (χ0n) is 8.83. The Labute approximate surface area is 91.8 Å². The molecule has 0 spiro atoms. The third kappa shape index (κ3) is 3.66. The third-order valence-corrected chi connectivity index (χ3v) is 3.20. The first kappa shape index (κ1) is 13.3. The number of carbonyl (C=O) groups is 1. The summed E-state index contributed by atoms with van der Waals surface area (Å²) in [6.45, 7) is 0. The van der Waals surface area contributed by atoms with E-state index in [1.807, 2.05) is 0 Å². The maximum absolute atomic E-state index is 12.5. The largest absolute Gasteiger partial charge is 0.481 e. The van der Waals surface area contributed by atoms with Crippen molar-refractivity contribution in [2.45, 2.75) is 44.3 Å². The molecular weight excluding hydrogens is 223 g/mol. The van der Waals surface area contributed by atoms with Gasteiger partial charge >= 0.3 is 12.1 Å². The molecule has 3 N–H and O–H groups in total. The van der Waals surface area contributed by atoms with Crippen molar-refractivity contribution in [1.29, 1.82) is 0 Å². The molecule has 1 fully saturated rings. The summed E-state index contributed by atoms with van der Waals surface area (Å²) in [5.74, 6) is -3.11. The Bertz CT molecular complexity index is 251. The SMILES string of the molecule is N[C@@H](C[C@@H](CC(=O)O)C(F)(F)F)C1CCC1. The van der Waals surface area contributed by atoms with Gasteiger partial charge in [-0.1, -0.05) is 6.42 Å². The topological polar surface area (TPSA) is 63.3 Å². The molecule has 1 rings (SSSR count). The zero-order chi connectivity index (χ0) is 12.3. The van der Waals surface area contributed by atoms with Gasteiger partial charge in [0.25, 0.3) is 0 Å². The van der Waals surface area contributed by atoms with Crippen LogP contribution in [0.15, 0.2) is 0 Å². The molecule has 2 atom stereocenters. The van der Waals surface area contributed by atoms with Crippen molar-refractivity contribution in [3.8, 4) is 0 Å². The van der Waals surface area contributed by atoms with E-state index in [0.29, 0.717) is 0 Å². The molecule has 1 saturated carbocycles. The first-order valence-electron chi connectivity index (χ1n) is 5.34. The number of hydrogen-bond acceptors (Lipinski definition) is 2. The molecule has 0 aliphatic heterocycles. The molecule has 94 valence electrons. The smallest absolute Gasteiger partial charge is 0.392 e. The fraction of sp³-hybridized carbons (Fsp3) is 0.900. The van der Waals surface area contributed by atoms with E-state index in [9.17, 15) is 18.0 Å². The maximum atomic E-state index is 12.5. The highest BCUT2D eigenvalue weighted by atomic mass is 19.4. The lowest BCUT2D eigenvalue weighted by Gasteiger charge is -2.33. The van der Waals surface area contributed by atoms with Crippen LogP contribution in [0.25, 0.3) is 0 Å². The van der Waals surface area contributed by atoms with Gasteiger partial charge in [0.2, 0.25) is 0 Å². The van der Waals surface area contributed by atoms with Crippen molar-refractivity contribution in [1.82, 2.24) is 0 Å². The zero-order valence-corrected chi connectivity index (χ0v) is 8.83. The second-order valence-electron chi connectivity index (χ2n) is 4.43. The fourth-order valence-electron chi connectivity index (χ4n) is 1.93. The second kappa shape index (κ2) is 5.03. The molecule has 0 amide bonds. The Morgan fingerprint density at radius 2 is 2.00 bits per heavy atom. The number of carboxylic acid groups (broad SMARTS) is 1. The van der Waals surface area contributed by atoms with Crippen molar-refractivity contribution in [2.24, 2.45) is 17.6 Å². The van der Waals surface area contributed by atoms with Crippen LogP contribution in [0.5, 0.6) is 0 Å². The number of hydrogen-bond donors (Lipinski definition) is 2. The van der Waals surface area contributed by atoms with Gasteiger partial charge in [-0.3, -0.25) is 4.79 Å². The molecule has 1 aliphatic carbocycles. The summed E-state index contributed by atoms with van der Waals surface area (Å²) in [4.78, 5) is 10.4. The van der Waals surface area contributed by atoms with Crippen molar-refractivity contribution in [3.63, 3.8) is 0 Å². The Kier molecular flexibility index (Phi) is 4.18. The van der Waals surface area contributed by atoms with E-state index in [4.69, 9.17) is 10.8 Å². The standard InChI is InChI=1S/C10H16F3NO2/c11-10(12,13)7(5-9(15)16)4-8(14)6-2-1-3-6/h6-8H,1-5,14H2,(H,15,16)/t7-,8-/m0/s1. The Morgan fingerprint density at radius 1 is 1.44 bits per heavy atom. The van der Waals surface area contributed by atoms with E-state index in [0.717, 1.165) is 19.3 Å². The number of nitrogens with two attached hydrogens (primary N) is 1. The Balaban J connectivity index is 2.51. The molecule has 0 heterocycles. The van der Waals surface area contributed by atoms with Crippen LogP contribution in [-0.4, -0.2) is 23.3 Å². The summed E-state index contributed by atoms with van der Waals surface area (Å²) in [5, 5.41) is 8.43.